The molecule has 1 unspecified atom stereocenters. The first kappa shape index (κ1) is 56.6. The van der Waals surface area contributed by atoms with Crippen molar-refractivity contribution in [3.05, 3.63) is 85.1 Å². The molecule has 0 aromatic carbocycles. The highest BCUT2D eigenvalue weighted by atomic mass is 16.6. The first-order valence-corrected chi connectivity index (χ1v) is 24.6. The zero-order chi connectivity index (χ0) is 43.7. The third kappa shape index (κ3) is 45.7. The van der Waals surface area contributed by atoms with E-state index in [-0.39, 0.29) is 31.1 Å². The van der Waals surface area contributed by atoms with Crippen LogP contribution in [0.5, 0.6) is 0 Å². The van der Waals surface area contributed by atoms with Gasteiger partial charge in [0.05, 0.1) is 0 Å². The summed E-state index contributed by atoms with van der Waals surface area (Å²) in [5, 5.41) is 0. The Morgan fingerprint density at radius 3 is 1.22 bits per heavy atom. The number of hydrogen-bond acceptors (Lipinski definition) is 6. The van der Waals surface area contributed by atoms with Gasteiger partial charge in [-0.1, -0.05) is 209 Å². The monoisotopic (exact) mass is 835 g/mol. The second kappa shape index (κ2) is 48.3. The van der Waals surface area contributed by atoms with Crippen molar-refractivity contribution in [2.45, 2.75) is 226 Å². The highest BCUT2D eigenvalue weighted by Gasteiger charge is 2.19. The minimum atomic E-state index is -0.798. The molecule has 0 aromatic rings. The molecule has 0 aromatic heterocycles. The van der Waals surface area contributed by atoms with Crippen molar-refractivity contribution >= 4 is 17.9 Å². The molecule has 6 heteroatoms. The Balaban J connectivity index is 4.47. The quantitative estimate of drug-likeness (QED) is 0.0200. The smallest absolute Gasteiger partial charge is 0.306 e. The fraction of sp³-hybridized carbons (Fsp3) is 0.685. The van der Waals surface area contributed by atoms with Crippen LogP contribution in [0.1, 0.15) is 220 Å². The van der Waals surface area contributed by atoms with E-state index in [0.29, 0.717) is 19.3 Å². The van der Waals surface area contributed by atoms with Crippen molar-refractivity contribution in [3.8, 4) is 0 Å². The van der Waals surface area contributed by atoms with Crippen molar-refractivity contribution < 1.29 is 28.6 Å². The SMILES string of the molecule is CC/C=C/C=C/C=C/CCCCCCCC(=O)OC(COC(=O)CCCCC/C=C/C/C=C/C/C=C/C/C=C/CC)COC(=O)CCCCCCCCCCCCCCC. The Labute approximate surface area is 369 Å². The molecule has 0 fully saturated rings. The summed E-state index contributed by atoms with van der Waals surface area (Å²) in [6.07, 6.45) is 61.3. The Morgan fingerprint density at radius 2 is 0.733 bits per heavy atom. The lowest BCUT2D eigenvalue weighted by atomic mass is 10.0. The van der Waals surface area contributed by atoms with Crippen LogP contribution in [0.25, 0.3) is 0 Å². The van der Waals surface area contributed by atoms with Gasteiger partial charge in [-0.15, -0.1) is 0 Å². The van der Waals surface area contributed by atoms with E-state index < -0.39 is 6.10 Å². The van der Waals surface area contributed by atoms with Crippen LogP contribution in [-0.2, 0) is 28.6 Å². The van der Waals surface area contributed by atoms with Gasteiger partial charge < -0.3 is 14.2 Å². The normalized spacial score (nSPS) is 12.8. The first-order chi connectivity index (χ1) is 29.5. The topological polar surface area (TPSA) is 78.9 Å². The van der Waals surface area contributed by atoms with Crippen LogP contribution in [0.15, 0.2) is 85.1 Å². The largest absolute Gasteiger partial charge is 0.462 e. The predicted octanol–water partition coefficient (Wildman–Crippen LogP) is 16.0. The molecule has 342 valence electrons. The molecule has 0 aliphatic heterocycles. The van der Waals surface area contributed by atoms with Gasteiger partial charge >= 0.3 is 17.9 Å². The summed E-state index contributed by atoms with van der Waals surface area (Å²) < 4.78 is 16.7. The van der Waals surface area contributed by atoms with Crippen molar-refractivity contribution in [1.82, 2.24) is 0 Å². The summed E-state index contributed by atoms with van der Waals surface area (Å²) in [5.74, 6) is -0.950. The second-order valence-corrected chi connectivity index (χ2v) is 16.0. The fourth-order valence-electron chi connectivity index (χ4n) is 6.55. The van der Waals surface area contributed by atoms with E-state index in [4.69, 9.17) is 14.2 Å². The molecule has 0 heterocycles. The average Bonchev–Trinajstić information content (AvgIpc) is 3.24. The molecule has 60 heavy (non-hydrogen) atoms. The predicted molar refractivity (Wildman–Crippen MR) is 256 cm³/mol. The van der Waals surface area contributed by atoms with E-state index >= 15 is 0 Å². The van der Waals surface area contributed by atoms with E-state index in [1.54, 1.807) is 0 Å². The molecule has 0 saturated heterocycles. The van der Waals surface area contributed by atoms with Crippen molar-refractivity contribution in [2.75, 3.05) is 13.2 Å². The molecule has 0 aliphatic rings. The van der Waals surface area contributed by atoms with E-state index in [1.165, 1.54) is 64.2 Å². The molecular formula is C54H90O6. The zero-order valence-electron chi connectivity index (χ0n) is 38.9. The summed E-state index contributed by atoms with van der Waals surface area (Å²) in [6, 6.07) is 0. The molecule has 1 atom stereocenters. The molecule has 0 saturated carbocycles. The van der Waals surface area contributed by atoms with E-state index in [1.807, 2.05) is 0 Å². The van der Waals surface area contributed by atoms with Gasteiger partial charge in [-0.2, -0.15) is 0 Å². The number of carbonyl (C=O) groups excluding carboxylic acids is 3. The number of hydrogen-bond donors (Lipinski definition) is 0. The highest BCUT2D eigenvalue weighted by Crippen LogP contribution is 2.14. The van der Waals surface area contributed by atoms with Crippen LogP contribution in [-0.4, -0.2) is 37.2 Å². The lowest BCUT2D eigenvalue weighted by molar-refractivity contribution is -0.167. The molecule has 0 aliphatic carbocycles. The summed E-state index contributed by atoms with van der Waals surface area (Å²) in [4.78, 5) is 37.9. The number of ether oxygens (including phenoxy) is 3. The maximum Gasteiger partial charge on any atom is 0.306 e. The van der Waals surface area contributed by atoms with Crippen LogP contribution >= 0.6 is 0 Å². The lowest BCUT2D eigenvalue weighted by Crippen LogP contribution is -2.30. The maximum atomic E-state index is 12.8. The van der Waals surface area contributed by atoms with Crippen LogP contribution in [0, 0.1) is 0 Å². The number of rotatable bonds is 43. The van der Waals surface area contributed by atoms with Gasteiger partial charge in [0.1, 0.15) is 13.2 Å². The molecule has 6 nitrogen and oxygen atoms in total. The molecule has 0 amide bonds. The van der Waals surface area contributed by atoms with E-state index in [2.05, 4.69) is 106 Å². The van der Waals surface area contributed by atoms with Gasteiger partial charge in [0.25, 0.3) is 0 Å². The molecule has 0 rings (SSSR count). The summed E-state index contributed by atoms with van der Waals surface area (Å²) in [7, 11) is 0. The Kier molecular flexibility index (Phi) is 45.5. The Hall–Kier alpha value is -3.41. The van der Waals surface area contributed by atoms with Crippen LogP contribution < -0.4 is 0 Å². The molecular weight excluding hydrogens is 745 g/mol. The van der Waals surface area contributed by atoms with Crippen molar-refractivity contribution in [2.24, 2.45) is 0 Å². The van der Waals surface area contributed by atoms with Crippen LogP contribution in [0.3, 0.4) is 0 Å². The third-order valence-corrected chi connectivity index (χ3v) is 10.2. The number of esters is 3. The van der Waals surface area contributed by atoms with Crippen LogP contribution in [0.4, 0.5) is 0 Å². The first-order valence-electron chi connectivity index (χ1n) is 24.6. The van der Waals surface area contributed by atoms with Gasteiger partial charge in [0.2, 0.25) is 0 Å². The molecule has 0 N–H and O–H groups in total. The highest BCUT2D eigenvalue weighted by molar-refractivity contribution is 5.71. The van der Waals surface area contributed by atoms with Crippen molar-refractivity contribution in [1.29, 1.82) is 0 Å². The zero-order valence-corrected chi connectivity index (χ0v) is 38.9. The summed E-state index contributed by atoms with van der Waals surface area (Å²) in [6.45, 7) is 6.34. The second-order valence-electron chi connectivity index (χ2n) is 16.0. The maximum absolute atomic E-state index is 12.8. The van der Waals surface area contributed by atoms with E-state index in [9.17, 15) is 14.4 Å². The molecule has 0 bridgehead atoms. The lowest BCUT2D eigenvalue weighted by Gasteiger charge is -2.18. The Morgan fingerprint density at radius 1 is 0.367 bits per heavy atom. The number of carbonyl (C=O) groups is 3. The summed E-state index contributed by atoms with van der Waals surface area (Å²) in [5.41, 5.74) is 0. The van der Waals surface area contributed by atoms with Gasteiger partial charge in [-0.25, -0.2) is 0 Å². The number of allylic oxidation sites excluding steroid dienone is 14. The van der Waals surface area contributed by atoms with Gasteiger partial charge in [-0.3, -0.25) is 14.4 Å². The fourth-order valence-corrected chi connectivity index (χ4v) is 6.55. The van der Waals surface area contributed by atoms with Gasteiger partial charge in [-0.05, 0) is 77.0 Å². The van der Waals surface area contributed by atoms with E-state index in [0.717, 1.165) is 116 Å². The standard InChI is InChI=1S/C54H90O6/c1-4-7-10-13-16-19-22-25-26-27-30-32-35-38-41-44-47-53(56)59-50-51(60-54(57)48-45-42-39-36-33-29-24-21-18-15-12-9-6-3)49-58-52(55)46-43-40-37-34-31-28-23-20-17-14-11-8-5-2/h7,9-10,12,15-16,18-19,21,24-26,30,32,51H,4-6,8,11,13-14,17,20,22-23,27-29,31,33-50H2,1-3H3/b10-7+,12-9+,18-15+,19-16+,24-21+,26-25+,32-30+. The minimum absolute atomic E-state index is 0.0945. The third-order valence-electron chi connectivity index (χ3n) is 10.2. The minimum Gasteiger partial charge on any atom is -0.462 e. The van der Waals surface area contributed by atoms with Gasteiger partial charge in [0, 0.05) is 19.3 Å². The number of unbranched alkanes of at least 4 members (excludes halogenated alkanes) is 20. The average molecular weight is 835 g/mol. The Bertz CT molecular complexity index is 1190. The molecule has 0 spiro atoms. The van der Waals surface area contributed by atoms with Crippen molar-refractivity contribution in [3.63, 3.8) is 0 Å². The van der Waals surface area contributed by atoms with Crippen LogP contribution in [0.2, 0.25) is 0 Å². The molecule has 0 radical (unpaired) electrons. The summed E-state index contributed by atoms with van der Waals surface area (Å²) >= 11 is 0. The van der Waals surface area contributed by atoms with Gasteiger partial charge in [0.15, 0.2) is 6.10 Å².